The summed E-state index contributed by atoms with van der Waals surface area (Å²) in [6.45, 7) is 8.15. The van der Waals surface area contributed by atoms with Crippen LogP contribution in [0.25, 0.3) is 0 Å². The highest BCUT2D eigenvalue weighted by atomic mass is 16.5. The molecule has 1 aromatic heterocycles. The van der Waals surface area contributed by atoms with Crippen molar-refractivity contribution in [1.82, 2.24) is 24.6 Å². The molecule has 1 amide bonds. The number of hydrogen-bond acceptors (Lipinski definition) is 6. The lowest BCUT2D eigenvalue weighted by molar-refractivity contribution is -0.132. The Kier molecular flexibility index (Phi) is 7.98. The topological polar surface area (TPSA) is 66.7 Å². The van der Waals surface area contributed by atoms with Gasteiger partial charge in [0.15, 0.2) is 0 Å². The van der Waals surface area contributed by atoms with Crippen LogP contribution in [0.15, 0.2) is 36.9 Å². The largest absolute Gasteiger partial charge is 0.497 e. The smallest absolute Gasteiger partial charge is 0.222 e. The van der Waals surface area contributed by atoms with E-state index in [1.165, 1.54) is 18.4 Å². The van der Waals surface area contributed by atoms with Gasteiger partial charge in [0.25, 0.3) is 0 Å². The quantitative estimate of drug-likeness (QED) is 0.628. The Morgan fingerprint density at radius 3 is 2.59 bits per heavy atom. The summed E-state index contributed by atoms with van der Waals surface area (Å²) in [5, 5.41) is 4.09. The third-order valence-electron chi connectivity index (χ3n) is 6.75. The molecular weight excluding hydrogens is 404 g/mol. The van der Waals surface area contributed by atoms with Crippen LogP contribution in [0, 0.1) is 5.92 Å². The van der Waals surface area contributed by atoms with Crippen molar-refractivity contribution in [3.63, 3.8) is 0 Å². The van der Waals surface area contributed by atoms with Gasteiger partial charge in [-0.2, -0.15) is 5.10 Å². The van der Waals surface area contributed by atoms with E-state index >= 15 is 0 Å². The summed E-state index contributed by atoms with van der Waals surface area (Å²) in [6, 6.07) is 8.41. The van der Waals surface area contributed by atoms with Crippen LogP contribution in [-0.4, -0.2) is 83.4 Å². The average Bonchev–Trinajstić information content (AvgIpc) is 3.24. The highest BCUT2D eigenvalue weighted by Gasteiger charge is 2.25. The van der Waals surface area contributed by atoms with E-state index in [9.17, 15) is 4.79 Å². The minimum Gasteiger partial charge on any atom is -0.497 e. The molecule has 174 valence electrons. The maximum Gasteiger partial charge on any atom is 0.222 e. The van der Waals surface area contributed by atoms with Gasteiger partial charge in [0, 0.05) is 57.9 Å². The maximum absolute atomic E-state index is 12.5. The fraction of sp³-hybridized carbons (Fsp3) is 0.625. The first-order valence-electron chi connectivity index (χ1n) is 11.9. The predicted molar refractivity (Wildman–Crippen MR) is 125 cm³/mol. The molecule has 1 aromatic carbocycles. The van der Waals surface area contributed by atoms with Crippen molar-refractivity contribution in [2.24, 2.45) is 5.92 Å². The van der Waals surface area contributed by atoms with Crippen molar-refractivity contribution in [1.29, 1.82) is 0 Å². The van der Waals surface area contributed by atoms with Crippen LogP contribution in [-0.2, 0) is 11.3 Å². The molecule has 8 nitrogen and oxygen atoms in total. The van der Waals surface area contributed by atoms with E-state index in [0.717, 1.165) is 77.4 Å². The summed E-state index contributed by atoms with van der Waals surface area (Å²) in [5.41, 5.74) is 1.28. The Balaban J connectivity index is 1.16. The number of nitrogens with zero attached hydrogens (tertiary/aromatic N) is 6. The zero-order valence-electron chi connectivity index (χ0n) is 19.2. The van der Waals surface area contributed by atoms with Gasteiger partial charge in [-0.05, 0) is 62.4 Å². The molecule has 3 heterocycles. The lowest BCUT2D eigenvalue weighted by Gasteiger charge is -2.34. The number of anilines is 1. The van der Waals surface area contributed by atoms with Gasteiger partial charge in [0.05, 0.1) is 7.11 Å². The van der Waals surface area contributed by atoms with Crippen molar-refractivity contribution in [2.45, 2.75) is 38.6 Å². The van der Waals surface area contributed by atoms with Gasteiger partial charge >= 0.3 is 0 Å². The normalized spacial score (nSPS) is 18.5. The van der Waals surface area contributed by atoms with Gasteiger partial charge in [-0.3, -0.25) is 9.48 Å². The number of aromatic nitrogens is 3. The van der Waals surface area contributed by atoms with E-state index in [2.05, 4.69) is 36.9 Å². The second-order valence-corrected chi connectivity index (χ2v) is 8.93. The molecule has 2 fully saturated rings. The molecule has 0 saturated carbocycles. The van der Waals surface area contributed by atoms with Gasteiger partial charge in [0.2, 0.25) is 5.91 Å². The van der Waals surface area contributed by atoms with Crippen LogP contribution in [0.5, 0.6) is 5.75 Å². The standard InChI is InChI=1S/C24H36N6O2/c1-32-23-7-5-22(6-8-23)28-12-3-11-27(16-17-28)18-21-9-14-29(15-10-21)24(31)4-2-13-30-20-25-19-26-30/h5-8,19-21H,2-4,9-18H2,1H3. The van der Waals surface area contributed by atoms with E-state index in [4.69, 9.17) is 4.74 Å². The highest BCUT2D eigenvalue weighted by molar-refractivity contribution is 5.76. The Morgan fingerprint density at radius 2 is 1.88 bits per heavy atom. The van der Waals surface area contributed by atoms with Gasteiger partial charge in [-0.25, -0.2) is 4.98 Å². The lowest BCUT2D eigenvalue weighted by atomic mass is 9.95. The molecule has 2 aromatic rings. The number of carbonyl (C=O) groups excluding carboxylic acids is 1. The van der Waals surface area contributed by atoms with Crippen molar-refractivity contribution in [3.8, 4) is 5.75 Å². The SMILES string of the molecule is COc1ccc(N2CCCN(CC3CCN(C(=O)CCCn4cncn4)CC3)CC2)cc1. The first kappa shape index (κ1) is 22.6. The number of hydrogen-bond donors (Lipinski definition) is 0. The highest BCUT2D eigenvalue weighted by Crippen LogP contribution is 2.23. The summed E-state index contributed by atoms with van der Waals surface area (Å²) in [4.78, 5) is 23.7. The molecule has 0 atom stereocenters. The number of aryl methyl sites for hydroxylation is 1. The monoisotopic (exact) mass is 440 g/mol. The molecule has 8 heteroatoms. The summed E-state index contributed by atoms with van der Waals surface area (Å²) in [7, 11) is 1.71. The lowest BCUT2D eigenvalue weighted by Crippen LogP contribution is -2.42. The molecule has 0 aliphatic carbocycles. The molecule has 0 N–H and O–H groups in total. The van der Waals surface area contributed by atoms with E-state index in [1.54, 1.807) is 18.1 Å². The fourth-order valence-electron chi connectivity index (χ4n) is 4.83. The molecular formula is C24H36N6O2. The summed E-state index contributed by atoms with van der Waals surface area (Å²) in [5.74, 6) is 1.89. The zero-order chi connectivity index (χ0) is 22.2. The third kappa shape index (κ3) is 6.22. The van der Waals surface area contributed by atoms with Crippen LogP contribution in [0.3, 0.4) is 0 Å². The number of likely N-dealkylation sites (tertiary alicyclic amines) is 1. The first-order valence-corrected chi connectivity index (χ1v) is 11.9. The summed E-state index contributed by atoms with van der Waals surface area (Å²) < 4.78 is 7.07. The van der Waals surface area contributed by atoms with Gasteiger partial charge < -0.3 is 19.4 Å². The summed E-state index contributed by atoms with van der Waals surface area (Å²) in [6.07, 6.45) is 8.08. The first-order chi connectivity index (χ1) is 15.7. The van der Waals surface area contributed by atoms with E-state index < -0.39 is 0 Å². The molecule has 2 aliphatic rings. The van der Waals surface area contributed by atoms with Crippen LogP contribution in [0.4, 0.5) is 5.69 Å². The minimum absolute atomic E-state index is 0.286. The molecule has 0 spiro atoms. The Bertz CT molecular complexity index is 818. The minimum atomic E-state index is 0.286. The molecule has 4 rings (SSSR count). The molecule has 0 radical (unpaired) electrons. The Morgan fingerprint density at radius 1 is 1.06 bits per heavy atom. The van der Waals surface area contributed by atoms with Crippen LogP contribution in [0.1, 0.15) is 32.1 Å². The van der Waals surface area contributed by atoms with Gasteiger partial charge in [-0.15, -0.1) is 0 Å². The number of amides is 1. The number of piperidine rings is 1. The van der Waals surface area contributed by atoms with Gasteiger partial charge in [-0.1, -0.05) is 0 Å². The van der Waals surface area contributed by atoms with Crippen molar-refractivity contribution < 1.29 is 9.53 Å². The fourth-order valence-corrected chi connectivity index (χ4v) is 4.83. The molecule has 2 aliphatic heterocycles. The van der Waals surface area contributed by atoms with Crippen LogP contribution >= 0.6 is 0 Å². The predicted octanol–water partition coefficient (Wildman–Crippen LogP) is 2.52. The third-order valence-corrected chi connectivity index (χ3v) is 6.75. The molecule has 0 unspecified atom stereocenters. The number of benzene rings is 1. The van der Waals surface area contributed by atoms with Gasteiger partial charge in [0.1, 0.15) is 18.4 Å². The second kappa shape index (κ2) is 11.3. The van der Waals surface area contributed by atoms with E-state index in [-0.39, 0.29) is 5.91 Å². The number of ether oxygens (including phenoxy) is 1. The molecule has 2 saturated heterocycles. The van der Waals surface area contributed by atoms with Crippen molar-refractivity contribution in [3.05, 3.63) is 36.9 Å². The molecule has 32 heavy (non-hydrogen) atoms. The second-order valence-electron chi connectivity index (χ2n) is 8.93. The van der Waals surface area contributed by atoms with E-state index in [0.29, 0.717) is 12.3 Å². The zero-order valence-corrected chi connectivity index (χ0v) is 19.2. The molecule has 0 bridgehead atoms. The number of methoxy groups -OCH3 is 1. The van der Waals surface area contributed by atoms with E-state index in [1.807, 2.05) is 12.1 Å². The maximum atomic E-state index is 12.5. The van der Waals surface area contributed by atoms with Crippen LogP contribution in [0.2, 0.25) is 0 Å². The van der Waals surface area contributed by atoms with Crippen molar-refractivity contribution in [2.75, 3.05) is 57.8 Å². The Labute approximate surface area is 191 Å². The number of carbonyl (C=O) groups is 1. The van der Waals surface area contributed by atoms with Crippen molar-refractivity contribution >= 4 is 11.6 Å². The Hall–Kier alpha value is -2.61. The average molecular weight is 441 g/mol. The van der Waals surface area contributed by atoms with Crippen LogP contribution < -0.4 is 9.64 Å². The number of rotatable bonds is 8. The summed E-state index contributed by atoms with van der Waals surface area (Å²) >= 11 is 0.